The Morgan fingerprint density at radius 1 is 1.28 bits per heavy atom. The second-order valence-corrected chi connectivity index (χ2v) is 6.36. The molecule has 1 saturated heterocycles. The van der Waals surface area contributed by atoms with E-state index in [9.17, 15) is 9.90 Å². The van der Waals surface area contributed by atoms with Crippen molar-refractivity contribution in [1.82, 2.24) is 10.2 Å². The summed E-state index contributed by atoms with van der Waals surface area (Å²) in [6.45, 7) is 4.14. The van der Waals surface area contributed by atoms with E-state index in [4.69, 9.17) is 0 Å². The molecule has 0 bridgehead atoms. The summed E-state index contributed by atoms with van der Waals surface area (Å²) in [5.41, 5.74) is 2.10. The first kappa shape index (κ1) is 24.1. The Labute approximate surface area is 163 Å². The number of amides is 1. The molecule has 0 radical (unpaired) electrons. The number of aliphatic hydroxyl groups is 1. The minimum atomic E-state index is 0. The Balaban J connectivity index is 0.00000288. The maximum atomic E-state index is 11.9. The first-order valence-electron chi connectivity index (χ1n) is 8.58. The van der Waals surface area contributed by atoms with Crippen molar-refractivity contribution in [2.45, 2.75) is 32.2 Å². The molecule has 3 N–H and O–H groups in total. The molecule has 1 aromatic rings. The highest BCUT2D eigenvalue weighted by atomic mass is 35.5. The van der Waals surface area contributed by atoms with E-state index in [-0.39, 0.29) is 30.7 Å². The third-order valence-corrected chi connectivity index (χ3v) is 4.41. The van der Waals surface area contributed by atoms with Crippen LogP contribution in [-0.2, 0) is 11.3 Å². The Bertz CT molecular complexity index is 495. The normalized spacial score (nSPS) is 15.1. The van der Waals surface area contributed by atoms with E-state index in [1.807, 2.05) is 19.2 Å². The van der Waals surface area contributed by atoms with Crippen LogP contribution in [0.3, 0.4) is 0 Å². The second-order valence-electron chi connectivity index (χ2n) is 6.36. The molecule has 5 nitrogen and oxygen atoms in total. The third kappa shape index (κ3) is 8.88. The van der Waals surface area contributed by atoms with Crippen LogP contribution in [0, 0.1) is 5.92 Å². The molecule has 144 valence electrons. The molecule has 0 aromatic heterocycles. The maximum absolute atomic E-state index is 11.9. The van der Waals surface area contributed by atoms with Gasteiger partial charge in [0.25, 0.3) is 0 Å². The van der Waals surface area contributed by atoms with Gasteiger partial charge in [0.2, 0.25) is 5.91 Å². The Kier molecular flexibility index (Phi) is 12.9. The number of piperidine rings is 1. The van der Waals surface area contributed by atoms with Crippen LogP contribution in [0.4, 0.5) is 5.69 Å². The topological polar surface area (TPSA) is 64.6 Å². The predicted molar refractivity (Wildman–Crippen MR) is 108 cm³/mol. The minimum absolute atomic E-state index is 0. The summed E-state index contributed by atoms with van der Waals surface area (Å²) in [6.07, 6.45) is 3.53. The van der Waals surface area contributed by atoms with E-state index in [1.54, 1.807) is 0 Å². The van der Waals surface area contributed by atoms with Crippen molar-refractivity contribution in [3.63, 3.8) is 0 Å². The van der Waals surface area contributed by atoms with Gasteiger partial charge in [-0.1, -0.05) is 12.1 Å². The molecule has 1 heterocycles. The summed E-state index contributed by atoms with van der Waals surface area (Å²) in [5, 5.41) is 15.2. The minimum Gasteiger partial charge on any atom is -0.396 e. The monoisotopic (exact) mass is 391 g/mol. The molecule has 0 aliphatic carbocycles. The van der Waals surface area contributed by atoms with Crippen LogP contribution in [-0.4, -0.2) is 49.2 Å². The lowest BCUT2D eigenvalue weighted by Crippen LogP contribution is -2.34. The zero-order chi connectivity index (χ0) is 16.5. The molecule has 0 unspecified atom stereocenters. The molecule has 1 aliphatic rings. The fourth-order valence-electron chi connectivity index (χ4n) is 2.98. The number of nitrogens with one attached hydrogen (secondary N) is 2. The molecule has 1 fully saturated rings. The van der Waals surface area contributed by atoms with Gasteiger partial charge >= 0.3 is 0 Å². The lowest BCUT2D eigenvalue weighted by atomic mass is 9.97. The van der Waals surface area contributed by atoms with E-state index in [0.29, 0.717) is 18.9 Å². The highest BCUT2D eigenvalue weighted by Crippen LogP contribution is 2.19. The van der Waals surface area contributed by atoms with Gasteiger partial charge in [0.1, 0.15) is 0 Å². The SMILES string of the molecule is CNCCCC(=O)Nc1cccc(CN2CCC(CO)CC2)c1.Cl.Cl. The molecule has 2 rings (SSSR count). The number of benzene rings is 1. The van der Waals surface area contributed by atoms with Crippen molar-refractivity contribution in [2.75, 3.05) is 38.6 Å². The second kappa shape index (κ2) is 13.4. The first-order valence-corrected chi connectivity index (χ1v) is 8.58. The van der Waals surface area contributed by atoms with Crippen LogP contribution in [0.5, 0.6) is 0 Å². The largest absolute Gasteiger partial charge is 0.396 e. The predicted octanol–water partition coefficient (Wildman–Crippen LogP) is 2.67. The van der Waals surface area contributed by atoms with E-state index in [0.717, 1.165) is 51.1 Å². The van der Waals surface area contributed by atoms with Crippen molar-refractivity contribution >= 4 is 36.4 Å². The lowest BCUT2D eigenvalue weighted by molar-refractivity contribution is -0.116. The van der Waals surface area contributed by atoms with Crippen molar-refractivity contribution in [1.29, 1.82) is 0 Å². The average Bonchev–Trinajstić information content (AvgIpc) is 2.56. The molecule has 7 heteroatoms. The zero-order valence-electron chi connectivity index (χ0n) is 14.9. The smallest absolute Gasteiger partial charge is 0.224 e. The maximum Gasteiger partial charge on any atom is 0.224 e. The van der Waals surface area contributed by atoms with Crippen LogP contribution in [0.2, 0.25) is 0 Å². The van der Waals surface area contributed by atoms with Gasteiger partial charge in [-0.05, 0) is 69.6 Å². The molecular formula is C18H31Cl2N3O2. The summed E-state index contributed by atoms with van der Waals surface area (Å²) in [5.74, 6) is 0.538. The Morgan fingerprint density at radius 2 is 2.00 bits per heavy atom. The Morgan fingerprint density at radius 3 is 2.64 bits per heavy atom. The van der Waals surface area contributed by atoms with Crippen molar-refractivity contribution in [3.05, 3.63) is 29.8 Å². The van der Waals surface area contributed by atoms with Crippen LogP contribution < -0.4 is 10.6 Å². The van der Waals surface area contributed by atoms with Crippen molar-refractivity contribution in [2.24, 2.45) is 5.92 Å². The number of nitrogens with zero attached hydrogens (tertiary/aromatic N) is 1. The number of rotatable bonds is 8. The number of anilines is 1. The van der Waals surface area contributed by atoms with E-state index >= 15 is 0 Å². The highest BCUT2D eigenvalue weighted by Gasteiger charge is 2.18. The number of carbonyl (C=O) groups is 1. The molecule has 1 amide bonds. The number of halogens is 2. The fraction of sp³-hybridized carbons (Fsp3) is 0.611. The highest BCUT2D eigenvalue weighted by molar-refractivity contribution is 5.90. The molecular weight excluding hydrogens is 361 g/mol. The fourth-order valence-corrected chi connectivity index (χ4v) is 2.98. The summed E-state index contributed by atoms with van der Waals surface area (Å²) in [6, 6.07) is 8.11. The number of hydrogen-bond donors (Lipinski definition) is 3. The quantitative estimate of drug-likeness (QED) is 0.596. The molecule has 1 aliphatic heterocycles. The van der Waals surface area contributed by atoms with Gasteiger partial charge in [-0.25, -0.2) is 0 Å². The van der Waals surface area contributed by atoms with E-state index in [2.05, 4.69) is 27.7 Å². The zero-order valence-corrected chi connectivity index (χ0v) is 16.5. The summed E-state index contributed by atoms with van der Waals surface area (Å²) in [7, 11) is 1.89. The van der Waals surface area contributed by atoms with Gasteiger partial charge in [-0.2, -0.15) is 0 Å². The number of hydrogen-bond acceptors (Lipinski definition) is 4. The summed E-state index contributed by atoms with van der Waals surface area (Å²) in [4.78, 5) is 14.3. The van der Waals surface area contributed by atoms with Gasteiger partial charge in [0.05, 0.1) is 0 Å². The molecule has 25 heavy (non-hydrogen) atoms. The molecule has 0 saturated carbocycles. The van der Waals surface area contributed by atoms with Gasteiger partial charge in [-0.15, -0.1) is 24.8 Å². The number of carbonyl (C=O) groups excluding carboxylic acids is 1. The van der Waals surface area contributed by atoms with Gasteiger partial charge in [0.15, 0.2) is 0 Å². The third-order valence-electron chi connectivity index (χ3n) is 4.41. The van der Waals surface area contributed by atoms with Crippen LogP contribution >= 0.6 is 24.8 Å². The number of aliphatic hydroxyl groups excluding tert-OH is 1. The standard InChI is InChI=1S/C18H29N3O2.2ClH/c1-19-9-3-6-18(23)20-17-5-2-4-16(12-17)13-21-10-7-15(14-22)8-11-21;;/h2,4-5,12,15,19,22H,3,6-11,13-14H2,1H3,(H,20,23);2*1H. The van der Waals surface area contributed by atoms with E-state index < -0.39 is 0 Å². The molecule has 1 aromatic carbocycles. The summed E-state index contributed by atoms with van der Waals surface area (Å²) < 4.78 is 0. The first-order chi connectivity index (χ1) is 11.2. The van der Waals surface area contributed by atoms with E-state index in [1.165, 1.54) is 5.56 Å². The molecule has 0 atom stereocenters. The van der Waals surface area contributed by atoms with Gasteiger partial charge in [0, 0.05) is 25.3 Å². The number of likely N-dealkylation sites (tertiary alicyclic amines) is 1. The van der Waals surface area contributed by atoms with Crippen molar-refractivity contribution < 1.29 is 9.90 Å². The average molecular weight is 392 g/mol. The summed E-state index contributed by atoms with van der Waals surface area (Å²) >= 11 is 0. The van der Waals surface area contributed by atoms with Crippen LogP contribution in [0.25, 0.3) is 0 Å². The van der Waals surface area contributed by atoms with Gasteiger partial charge in [-0.3, -0.25) is 9.69 Å². The molecule has 0 spiro atoms. The van der Waals surface area contributed by atoms with Gasteiger partial charge < -0.3 is 15.7 Å². The lowest BCUT2D eigenvalue weighted by Gasteiger charge is -2.31. The van der Waals surface area contributed by atoms with Crippen molar-refractivity contribution in [3.8, 4) is 0 Å². The Hall–Kier alpha value is -0.850. The van der Waals surface area contributed by atoms with Crippen LogP contribution in [0.15, 0.2) is 24.3 Å². The van der Waals surface area contributed by atoms with Crippen LogP contribution in [0.1, 0.15) is 31.2 Å².